The van der Waals surface area contributed by atoms with Crippen LogP contribution >= 0.6 is 0 Å². The van der Waals surface area contributed by atoms with Gasteiger partial charge in [0.25, 0.3) is 5.60 Å². The number of hydrogen-bond acceptors (Lipinski definition) is 8. The Morgan fingerprint density at radius 3 is 2.42 bits per heavy atom. The molecule has 1 atom stereocenters. The standard InChI is InChI=1S/C23H26N4O6/c1-16(25-33-23(2,20(28)30-4)18-12-7-6-8-13-18)32-15-17-11-9-10-14-19(17)27-21(31-5)24-26(3)22(27)29/h6-14H,15H2,1-5H3/b25-16-. The number of esters is 1. The predicted molar refractivity (Wildman–Crippen MR) is 120 cm³/mol. The minimum Gasteiger partial charge on any atom is -0.474 e. The topological polar surface area (TPSA) is 106 Å². The number of carbonyl (C=O) groups is 1. The molecular weight excluding hydrogens is 428 g/mol. The maximum Gasteiger partial charge on any atom is 0.357 e. The zero-order chi connectivity index (χ0) is 24.0. The Hall–Kier alpha value is -4.08. The molecule has 0 radical (unpaired) electrons. The first kappa shape index (κ1) is 23.6. The van der Waals surface area contributed by atoms with Crippen LogP contribution in [-0.2, 0) is 38.4 Å². The molecule has 3 aromatic rings. The number of aromatic nitrogens is 3. The van der Waals surface area contributed by atoms with Crippen LogP contribution in [0.1, 0.15) is 25.0 Å². The summed E-state index contributed by atoms with van der Waals surface area (Å²) in [5.41, 5.74) is 0.0326. The van der Waals surface area contributed by atoms with Crippen molar-refractivity contribution in [3.63, 3.8) is 0 Å². The van der Waals surface area contributed by atoms with Crippen LogP contribution < -0.4 is 10.4 Å². The summed E-state index contributed by atoms with van der Waals surface area (Å²) in [5, 5.41) is 8.07. The van der Waals surface area contributed by atoms with Crippen LogP contribution in [0.5, 0.6) is 6.01 Å². The minimum absolute atomic E-state index is 0.0830. The highest BCUT2D eigenvalue weighted by molar-refractivity contribution is 5.81. The Balaban J connectivity index is 1.81. The molecule has 1 heterocycles. The predicted octanol–water partition coefficient (Wildman–Crippen LogP) is 2.53. The van der Waals surface area contributed by atoms with Gasteiger partial charge in [-0.1, -0.05) is 53.7 Å². The maximum absolute atomic E-state index is 12.5. The molecule has 0 aliphatic rings. The molecule has 0 fully saturated rings. The molecule has 3 rings (SSSR count). The molecule has 0 N–H and O–H groups in total. The van der Waals surface area contributed by atoms with Gasteiger partial charge in [0.1, 0.15) is 6.61 Å². The Morgan fingerprint density at radius 1 is 1.09 bits per heavy atom. The van der Waals surface area contributed by atoms with Crippen molar-refractivity contribution in [1.82, 2.24) is 14.3 Å². The molecule has 0 aliphatic carbocycles. The van der Waals surface area contributed by atoms with E-state index in [0.717, 1.165) is 0 Å². The van der Waals surface area contributed by atoms with Gasteiger partial charge < -0.3 is 19.0 Å². The first-order chi connectivity index (χ1) is 15.8. The fourth-order valence-electron chi connectivity index (χ4n) is 3.15. The highest BCUT2D eigenvalue weighted by atomic mass is 16.7. The van der Waals surface area contributed by atoms with Gasteiger partial charge in [-0.05, 0) is 13.0 Å². The molecule has 0 saturated carbocycles. The summed E-state index contributed by atoms with van der Waals surface area (Å²) in [5.74, 6) is -0.417. The summed E-state index contributed by atoms with van der Waals surface area (Å²) in [6.07, 6.45) is 0. The molecule has 10 nitrogen and oxygen atoms in total. The number of hydrogen-bond donors (Lipinski definition) is 0. The summed E-state index contributed by atoms with van der Waals surface area (Å²) in [6.45, 7) is 3.25. The first-order valence-electron chi connectivity index (χ1n) is 10.1. The van der Waals surface area contributed by atoms with Crippen molar-refractivity contribution < 1.29 is 23.8 Å². The van der Waals surface area contributed by atoms with E-state index in [1.54, 1.807) is 57.3 Å². The zero-order valence-corrected chi connectivity index (χ0v) is 19.1. The summed E-state index contributed by atoms with van der Waals surface area (Å²) in [6, 6.07) is 16.3. The molecule has 33 heavy (non-hydrogen) atoms. The van der Waals surface area contributed by atoms with E-state index in [4.69, 9.17) is 19.0 Å². The van der Waals surface area contributed by atoms with Crippen molar-refractivity contribution in [3.8, 4) is 11.7 Å². The van der Waals surface area contributed by atoms with Crippen molar-refractivity contribution in [2.24, 2.45) is 12.2 Å². The van der Waals surface area contributed by atoms with Crippen LogP contribution in [-0.4, -0.2) is 40.4 Å². The monoisotopic (exact) mass is 454 g/mol. The van der Waals surface area contributed by atoms with E-state index in [9.17, 15) is 9.59 Å². The number of carbonyl (C=O) groups excluding carboxylic acids is 1. The Morgan fingerprint density at radius 2 is 1.76 bits per heavy atom. The fourth-order valence-corrected chi connectivity index (χ4v) is 3.15. The van der Waals surface area contributed by atoms with E-state index in [2.05, 4.69) is 10.3 Å². The average molecular weight is 454 g/mol. The van der Waals surface area contributed by atoms with Crippen molar-refractivity contribution >= 4 is 11.9 Å². The van der Waals surface area contributed by atoms with E-state index >= 15 is 0 Å². The number of aryl methyl sites for hydroxylation is 1. The minimum atomic E-state index is -1.45. The zero-order valence-electron chi connectivity index (χ0n) is 19.1. The lowest BCUT2D eigenvalue weighted by Crippen LogP contribution is -2.35. The van der Waals surface area contributed by atoms with Crippen molar-refractivity contribution in [1.29, 1.82) is 0 Å². The maximum atomic E-state index is 12.5. The number of ether oxygens (including phenoxy) is 3. The van der Waals surface area contributed by atoms with Gasteiger partial charge in [-0.25, -0.2) is 18.8 Å². The van der Waals surface area contributed by atoms with Crippen LogP contribution in [0.25, 0.3) is 5.69 Å². The summed E-state index contributed by atoms with van der Waals surface area (Å²) >= 11 is 0. The van der Waals surface area contributed by atoms with E-state index in [1.165, 1.54) is 23.5 Å². The van der Waals surface area contributed by atoms with Gasteiger partial charge in [-0.2, -0.15) is 0 Å². The van der Waals surface area contributed by atoms with Crippen molar-refractivity contribution in [2.45, 2.75) is 26.1 Å². The third kappa shape index (κ3) is 4.89. The molecule has 0 bridgehead atoms. The highest BCUT2D eigenvalue weighted by Gasteiger charge is 2.40. The van der Waals surface area contributed by atoms with E-state index < -0.39 is 11.6 Å². The number of oxime groups is 1. The second-order valence-corrected chi connectivity index (χ2v) is 7.24. The van der Waals surface area contributed by atoms with Gasteiger partial charge in [0, 0.05) is 25.1 Å². The normalized spacial score (nSPS) is 13.2. The molecule has 1 aromatic heterocycles. The van der Waals surface area contributed by atoms with Gasteiger partial charge in [0.2, 0.25) is 5.90 Å². The van der Waals surface area contributed by atoms with Crippen molar-refractivity contribution in [2.75, 3.05) is 14.2 Å². The van der Waals surface area contributed by atoms with Crippen LogP contribution in [0.4, 0.5) is 0 Å². The first-order valence-corrected chi connectivity index (χ1v) is 10.1. The number of nitrogens with zero attached hydrogens (tertiary/aromatic N) is 4. The second kappa shape index (κ2) is 10.0. The molecule has 1 unspecified atom stereocenters. The number of rotatable bonds is 8. The van der Waals surface area contributed by atoms with Gasteiger partial charge in [-0.15, -0.1) is 5.10 Å². The van der Waals surface area contributed by atoms with Crippen LogP contribution in [0.2, 0.25) is 0 Å². The molecule has 0 aliphatic heterocycles. The lowest BCUT2D eigenvalue weighted by Gasteiger charge is -2.24. The highest BCUT2D eigenvalue weighted by Crippen LogP contribution is 2.27. The molecule has 0 saturated heterocycles. The van der Waals surface area contributed by atoms with E-state index in [-0.39, 0.29) is 24.2 Å². The smallest absolute Gasteiger partial charge is 0.357 e. The Kier molecular flexibility index (Phi) is 7.17. The number of methoxy groups -OCH3 is 2. The molecule has 174 valence electrons. The van der Waals surface area contributed by atoms with Crippen LogP contribution in [0.3, 0.4) is 0 Å². The average Bonchev–Trinajstić information content (AvgIpc) is 3.14. The largest absolute Gasteiger partial charge is 0.474 e. The van der Waals surface area contributed by atoms with Gasteiger partial charge in [0.05, 0.1) is 19.9 Å². The van der Waals surface area contributed by atoms with Gasteiger partial charge in [-0.3, -0.25) is 0 Å². The SMILES string of the molecule is COC(=O)C(C)(O/N=C(/C)OCc1ccccc1-n1c(OC)nn(C)c1=O)c1ccccc1. The lowest BCUT2D eigenvalue weighted by molar-refractivity contribution is -0.169. The van der Waals surface area contributed by atoms with Crippen LogP contribution in [0, 0.1) is 0 Å². The van der Waals surface area contributed by atoms with Gasteiger partial charge in [0.15, 0.2) is 0 Å². The molecule has 10 heteroatoms. The summed E-state index contributed by atoms with van der Waals surface area (Å²) in [4.78, 5) is 30.5. The Labute approximate surface area is 190 Å². The number of para-hydroxylation sites is 1. The Bertz CT molecular complexity index is 1200. The molecular formula is C23H26N4O6. The van der Waals surface area contributed by atoms with E-state index in [0.29, 0.717) is 16.8 Å². The lowest BCUT2D eigenvalue weighted by atomic mass is 9.96. The quantitative estimate of drug-likeness (QED) is 0.223. The molecule has 0 amide bonds. The van der Waals surface area contributed by atoms with Crippen molar-refractivity contribution in [3.05, 3.63) is 76.2 Å². The fraction of sp³-hybridized carbons (Fsp3) is 0.304. The third-order valence-corrected chi connectivity index (χ3v) is 5.00. The summed E-state index contributed by atoms with van der Waals surface area (Å²) in [7, 11) is 4.27. The number of benzene rings is 2. The van der Waals surface area contributed by atoms with E-state index in [1.807, 2.05) is 18.2 Å². The third-order valence-electron chi connectivity index (χ3n) is 5.00. The van der Waals surface area contributed by atoms with Gasteiger partial charge >= 0.3 is 17.7 Å². The van der Waals surface area contributed by atoms with Crippen LogP contribution in [0.15, 0.2) is 64.5 Å². The summed E-state index contributed by atoms with van der Waals surface area (Å²) < 4.78 is 18.4. The molecule has 0 spiro atoms. The second-order valence-electron chi connectivity index (χ2n) is 7.24. The molecule has 2 aromatic carbocycles.